The summed E-state index contributed by atoms with van der Waals surface area (Å²) in [5, 5.41) is 3.13. The van der Waals surface area contributed by atoms with E-state index in [0.717, 1.165) is 16.8 Å². The van der Waals surface area contributed by atoms with Gasteiger partial charge in [0.15, 0.2) is 6.10 Å². The molecule has 1 rings (SSSR count). The molecule has 0 saturated heterocycles. The fraction of sp³-hybridized carbons (Fsp3) is 0.500. The van der Waals surface area contributed by atoms with Gasteiger partial charge in [-0.1, -0.05) is 18.2 Å². The molecule has 1 unspecified atom stereocenters. The Morgan fingerprint density at radius 1 is 1.14 bits per heavy atom. The van der Waals surface area contributed by atoms with Gasteiger partial charge in [-0.05, 0) is 45.7 Å². The summed E-state index contributed by atoms with van der Waals surface area (Å²) in [7, 11) is 0. The zero-order valence-corrected chi connectivity index (χ0v) is 13.2. The van der Waals surface area contributed by atoms with Crippen molar-refractivity contribution in [2.45, 2.75) is 46.8 Å². The second-order valence-corrected chi connectivity index (χ2v) is 4.96. The topological polar surface area (TPSA) is 64.6 Å². The molecule has 5 nitrogen and oxygen atoms in total. The minimum atomic E-state index is -0.903. The van der Waals surface area contributed by atoms with Crippen LogP contribution in [0.5, 0.6) is 0 Å². The number of benzene rings is 1. The van der Waals surface area contributed by atoms with Crippen molar-refractivity contribution < 1.29 is 19.1 Å². The number of ether oxygens (including phenoxy) is 2. The molecule has 0 aliphatic heterocycles. The Hall–Kier alpha value is -2.04. The van der Waals surface area contributed by atoms with Crippen molar-refractivity contribution in [3.8, 4) is 0 Å². The molecule has 2 atom stereocenters. The van der Waals surface area contributed by atoms with Crippen molar-refractivity contribution in [2.24, 2.45) is 0 Å². The Morgan fingerprint density at radius 2 is 1.71 bits per heavy atom. The standard InChI is InChI=1S/C16H23NO4/c1-6-20-16(19)13(5)21-15(18)12(4)17-14-10(2)8-7-9-11(14)3/h7-9,12-13,17H,6H2,1-5H3/t12-,13?/m0/s1. The zero-order valence-electron chi connectivity index (χ0n) is 13.2. The van der Waals surface area contributed by atoms with E-state index in [1.165, 1.54) is 6.92 Å². The third kappa shape index (κ3) is 4.77. The minimum Gasteiger partial charge on any atom is -0.463 e. The first kappa shape index (κ1) is 17.0. The van der Waals surface area contributed by atoms with Crippen LogP contribution in [0.2, 0.25) is 0 Å². The Labute approximate surface area is 125 Å². The molecule has 1 N–H and O–H groups in total. The third-order valence-corrected chi connectivity index (χ3v) is 3.11. The highest BCUT2D eigenvalue weighted by molar-refractivity contribution is 5.83. The van der Waals surface area contributed by atoms with E-state index in [9.17, 15) is 9.59 Å². The molecular formula is C16H23NO4. The van der Waals surface area contributed by atoms with E-state index in [2.05, 4.69) is 5.32 Å². The normalized spacial score (nSPS) is 13.2. The average Bonchev–Trinajstić information content (AvgIpc) is 2.42. The Kier molecular flexibility index (Phi) is 6.21. The first-order chi connectivity index (χ1) is 9.86. The van der Waals surface area contributed by atoms with Crippen molar-refractivity contribution in [2.75, 3.05) is 11.9 Å². The third-order valence-electron chi connectivity index (χ3n) is 3.11. The number of para-hydroxylation sites is 1. The highest BCUT2D eigenvalue weighted by atomic mass is 16.6. The molecule has 1 aromatic carbocycles. The molecule has 1 aromatic rings. The number of hydrogen-bond donors (Lipinski definition) is 1. The largest absolute Gasteiger partial charge is 0.463 e. The smallest absolute Gasteiger partial charge is 0.347 e. The van der Waals surface area contributed by atoms with Crippen LogP contribution in [0.15, 0.2) is 18.2 Å². The molecular weight excluding hydrogens is 270 g/mol. The van der Waals surface area contributed by atoms with Gasteiger partial charge in [-0.25, -0.2) is 9.59 Å². The summed E-state index contributed by atoms with van der Waals surface area (Å²) in [5.41, 5.74) is 3.01. The summed E-state index contributed by atoms with van der Waals surface area (Å²) >= 11 is 0. The van der Waals surface area contributed by atoms with Crippen molar-refractivity contribution in [3.05, 3.63) is 29.3 Å². The van der Waals surface area contributed by atoms with Gasteiger partial charge < -0.3 is 14.8 Å². The monoisotopic (exact) mass is 293 g/mol. The predicted molar refractivity (Wildman–Crippen MR) is 81.2 cm³/mol. The number of rotatable bonds is 6. The molecule has 5 heteroatoms. The van der Waals surface area contributed by atoms with Crippen LogP contribution < -0.4 is 5.32 Å². The van der Waals surface area contributed by atoms with Gasteiger partial charge in [0.2, 0.25) is 0 Å². The van der Waals surface area contributed by atoms with Crippen LogP contribution in [-0.4, -0.2) is 30.7 Å². The molecule has 0 radical (unpaired) electrons. The highest BCUT2D eigenvalue weighted by Crippen LogP contribution is 2.20. The lowest BCUT2D eigenvalue weighted by Gasteiger charge is -2.19. The summed E-state index contributed by atoms with van der Waals surface area (Å²) in [4.78, 5) is 23.4. The summed E-state index contributed by atoms with van der Waals surface area (Å²) in [5.74, 6) is -1.02. The molecule has 21 heavy (non-hydrogen) atoms. The van der Waals surface area contributed by atoms with E-state index in [-0.39, 0.29) is 6.61 Å². The van der Waals surface area contributed by atoms with Gasteiger partial charge in [0.1, 0.15) is 6.04 Å². The van der Waals surface area contributed by atoms with E-state index < -0.39 is 24.1 Å². The highest BCUT2D eigenvalue weighted by Gasteiger charge is 2.23. The molecule has 0 fully saturated rings. The summed E-state index contributed by atoms with van der Waals surface area (Å²) in [6, 6.07) is 5.34. The van der Waals surface area contributed by atoms with E-state index in [0.29, 0.717) is 0 Å². The van der Waals surface area contributed by atoms with E-state index in [1.807, 2.05) is 32.0 Å². The summed E-state index contributed by atoms with van der Waals surface area (Å²) in [6.45, 7) is 9.10. The van der Waals surface area contributed by atoms with Gasteiger partial charge in [0, 0.05) is 5.69 Å². The maximum Gasteiger partial charge on any atom is 0.347 e. The quantitative estimate of drug-likeness (QED) is 0.817. The summed E-state index contributed by atoms with van der Waals surface area (Å²) < 4.78 is 9.91. The predicted octanol–water partition coefficient (Wildman–Crippen LogP) is 2.60. The van der Waals surface area contributed by atoms with E-state index in [4.69, 9.17) is 9.47 Å². The minimum absolute atomic E-state index is 0.261. The molecule has 0 bridgehead atoms. The average molecular weight is 293 g/mol. The Bertz CT molecular complexity index is 493. The van der Waals surface area contributed by atoms with E-state index in [1.54, 1.807) is 13.8 Å². The maximum absolute atomic E-state index is 12.0. The summed E-state index contributed by atoms with van der Waals surface area (Å²) in [6.07, 6.45) is -0.903. The fourth-order valence-electron chi connectivity index (χ4n) is 1.90. The van der Waals surface area contributed by atoms with Crippen LogP contribution in [0.4, 0.5) is 5.69 Å². The van der Waals surface area contributed by atoms with Gasteiger partial charge in [0.25, 0.3) is 0 Å². The Balaban J connectivity index is 2.65. The molecule has 0 saturated carbocycles. The number of hydrogen-bond acceptors (Lipinski definition) is 5. The van der Waals surface area contributed by atoms with Crippen molar-refractivity contribution in [1.29, 1.82) is 0 Å². The lowest BCUT2D eigenvalue weighted by Crippen LogP contribution is -2.34. The first-order valence-corrected chi connectivity index (χ1v) is 7.06. The van der Waals surface area contributed by atoms with Crippen LogP contribution in [0.1, 0.15) is 31.9 Å². The fourth-order valence-corrected chi connectivity index (χ4v) is 1.90. The van der Waals surface area contributed by atoms with Gasteiger partial charge in [0.05, 0.1) is 6.61 Å². The number of carbonyl (C=O) groups excluding carboxylic acids is 2. The van der Waals surface area contributed by atoms with Gasteiger partial charge in [-0.3, -0.25) is 0 Å². The van der Waals surface area contributed by atoms with Crippen molar-refractivity contribution in [1.82, 2.24) is 0 Å². The van der Waals surface area contributed by atoms with Gasteiger partial charge in [-0.2, -0.15) is 0 Å². The molecule has 0 aliphatic rings. The molecule has 116 valence electrons. The molecule has 0 amide bonds. The first-order valence-electron chi connectivity index (χ1n) is 7.06. The lowest BCUT2D eigenvalue weighted by atomic mass is 10.1. The SMILES string of the molecule is CCOC(=O)C(C)OC(=O)[C@H](C)Nc1c(C)cccc1C. The molecule has 0 aliphatic carbocycles. The number of nitrogens with one attached hydrogen (secondary N) is 1. The zero-order chi connectivity index (χ0) is 16.0. The number of aryl methyl sites for hydroxylation is 2. The van der Waals surface area contributed by atoms with Gasteiger partial charge >= 0.3 is 11.9 Å². The number of esters is 2. The van der Waals surface area contributed by atoms with Crippen LogP contribution in [0.25, 0.3) is 0 Å². The van der Waals surface area contributed by atoms with Crippen LogP contribution >= 0.6 is 0 Å². The molecule has 0 spiro atoms. The van der Waals surface area contributed by atoms with Crippen LogP contribution in [-0.2, 0) is 19.1 Å². The van der Waals surface area contributed by atoms with Crippen LogP contribution in [0, 0.1) is 13.8 Å². The van der Waals surface area contributed by atoms with Crippen molar-refractivity contribution >= 4 is 17.6 Å². The number of anilines is 1. The number of carbonyl (C=O) groups is 2. The second-order valence-electron chi connectivity index (χ2n) is 4.96. The lowest BCUT2D eigenvalue weighted by molar-refractivity contribution is -0.166. The van der Waals surface area contributed by atoms with Crippen molar-refractivity contribution in [3.63, 3.8) is 0 Å². The Morgan fingerprint density at radius 3 is 2.24 bits per heavy atom. The van der Waals surface area contributed by atoms with Crippen LogP contribution in [0.3, 0.4) is 0 Å². The second kappa shape index (κ2) is 7.67. The maximum atomic E-state index is 12.0. The van der Waals surface area contributed by atoms with E-state index >= 15 is 0 Å². The molecule has 0 aromatic heterocycles. The van der Waals surface area contributed by atoms with Gasteiger partial charge in [-0.15, -0.1) is 0 Å². The molecule has 0 heterocycles.